The highest BCUT2D eigenvalue weighted by Gasteiger charge is 2.28. The quantitative estimate of drug-likeness (QED) is 0.502. The van der Waals surface area contributed by atoms with Crippen LogP contribution in [0.1, 0.15) is 39.4 Å². The van der Waals surface area contributed by atoms with Gasteiger partial charge in [0.05, 0.1) is 24.5 Å². The van der Waals surface area contributed by atoms with Crippen molar-refractivity contribution in [3.05, 3.63) is 16.0 Å². The lowest BCUT2D eigenvalue weighted by Crippen LogP contribution is -2.23. The molecule has 146 valence electrons. The number of hydrogen-bond acceptors (Lipinski definition) is 11. The zero-order valence-electron chi connectivity index (χ0n) is 15.0. The van der Waals surface area contributed by atoms with Crippen molar-refractivity contribution in [2.24, 2.45) is 0 Å². The third-order valence-electron chi connectivity index (χ3n) is 3.30. The number of thiophene rings is 1. The summed E-state index contributed by atoms with van der Waals surface area (Å²) in [5, 5.41) is 10.3. The second-order valence-electron chi connectivity index (χ2n) is 5.13. The normalized spacial score (nSPS) is 11.7. The molecule has 12 heteroatoms. The molecule has 2 heterocycles. The number of anilines is 2. The molecule has 2 aromatic rings. The summed E-state index contributed by atoms with van der Waals surface area (Å²) in [6.45, 7) is 5.17. The fourth-order valence-electron chi connectivity index (χ4n) is 2.03. The van der Waals surface area contributed by atoms with Gasteiger partial charge in [0.1, 0.15) is 9.88 Å². The first-order chi connectivity index (χ1) is 12.8. The molecule has 1 amide bonds. The summed E-state index contributed by atoms with van der Waals surface area (Å²) >= 11 is 3.33. The van der Waals surface area contributed by atoms with Crippen LogP contribution in [0.15, 0.2) is 4.34 Å². The Morgan fingerprint density at radius 1 is 1.26 bits per heavy atom. The van der Waals surface area contributed by atoms with Crippen LogP contribution in [0.3, 0.4) is 0 Å². The third kappa shape index (κ3) is 4.96. The Labute approximate surface area is 167 Å². The van der Waals surface area contributed by atoms with Crippen molar-refractivity contribution in [1.29, 1.82) is 0 Å². The molecule has 0 saturated carbocycles. The van der Waals surface area contributed by atoms with Crippen LogP contribution >= 0.6 is 34.4 Å². The number of nitrogens with one attached hydrogen (secondary N) is 1. The van der Waals surface area contributed by atoms with Gasteiger partial charge in [-0.25, -0.2) is 9.59 Å². The highest BCUT2D eigenvalue weighted by Crippen LogP contribution is 2.35. The summed E-state index contributed by atoms with van der Waals surface area (Å²) in [7, 11) is 1.23. The number of carbonyl (C=O) groups excluding carboxylic acids is 3. The Morgan fingerprint density at radius 2 is 1.96 bits per heavy atom. The summed E-state index contributed by atoms with van der Waals surface area (Å²) in [6, 6.07) is 0. The van der Waals surface area contributed by atoms with Crippen LogP contribution in [0, 0.1) is 6.92 Å². The average Bonchev–Trinajstić information content (AvgIpc) is 3.17. The third-order valence-corrected chi connectivity index (χ3v) is 6.43. The lowest BCUT2D eigenvalue weighted by Gasteiger charge is -2.10. The highest BCUT2D eigenvalue weighted by molar-refractivity contribution is 8.02. The van der Waals surface area contributed by atoms with Gasteiger partial charge in [-0.05, 0) is 26.3 Å². The van der Waals surface area contributed by atoms with E-state index in [4.69, 9.17) is 15.2 Å². The number of methoxy groups -OCH3 is 1. The molecule has 2 rings (SSSR count). The van der Waals surface area contributed by atoms with Crippen LogP contribution in [0.5, 0.6) is 0 Å². The molecule has 0 spiro atoms. The molecule has 0 aliphatic carbocycles. The number of thioether (sulfide) groups is 1. The Morgan fingerprint density at radius 3 is 2.52 bits per heavy atom. The van der Waals surface area contributed by atoms with Crippen molar-refractivity contribution in [2.75, 3.05) is 24.8 Å². The molecule has 0 radical (unpaired) electrons. The summed E-state index contributed by atoms with van der Waals surface area (Å²) in [5.41, 5.74) is 6.07. The van der Waals surface area contributed by atoms with Gasteiger partial charge in [-0.2, -0.15) is 0 Å². The number of nitrogens with two attached hydrogens (primary N) is 1. The van der Waals surface area contributed by atoms with E-state index in [0.717, 1.165) is 11.3 Å². The number of esters is 2. The predicted octanol–water partition coefficient (Wildman–Crippen LogP) is 2.57. The number of nitrogens with zero attached hydrogens (tertiary/aromatic N) is 2. The van der Waals surface area contributed by atoms with Crippen molar-refractivity contribution < 1.29 is 23.9 Å². The Kier molecular flexibility index (Phi) is 7.16. The fourth-order valence-corrected chi connectivity index (χ4v) is 4.90. The van der Waals surface area contributed by atoms with Gasteiger partial charge in [0, 0.05) is 0 Å². The monoisotopic (exact) mass is 430 g/mol. The Balaban J connectivity index is 2.25. The van der Waals surface area contributed by atoms with Crippen LogP contribution in [0.4, 0.5) is 10.1 Å². The van der Waals surface area contributed by atoms with Gasteiger partial charge in [-0.15, -0.1) is 21.5 Å². The fraction of sp³-hybridized carbons (Fsp3) is 0.400. The predicted molar refractivity (Wildman–Crippen MR) is 105 cm³/mol. The van der Waals surface area contributed by atoms with Gasteiger partial charge in [0.2, 0.25) is 11.0 Å². The second kappa shape index (κ2) is 9.15. The maximum absolute atomic E-state index is 12.5. The maximum Gasteiger partial charge on any atom is 0.348 e. The summed E-state index contributed by atoms with van der Waals surface area (Å²) in [4.78, 5) is 37.0. The van der Waals surface area contributed by atoms with Crippen molar-refractivity contribution in [3.8, 4) is 0 Å². The molecule has 0 aliphatic heterocycles. The van der Waals surface area contributed by atoms with Crippen molar-refractivity contribution in [3.63, 3.8) is 0 Å². The van der Waals surface area contributed by atoms with Crippen molar-refractivity contribution in [1.82, 2.24) is 10.2 Å². The lowest BCUT2D eigenvalue weighted by atomic mass is 10.1. The van der Waals surface area contributed by atoms with Crippen LogP contribution in [-0.4, -0.2) is 47.0 Å². The molecule has 0 aromatic carbocycles. The minimum Gasteiger partial charge on any atom is -0.465 e. The van der Waals surface area contributed by atoms with E-state index in [2.05, 4.69) is 15.5 Å². The van der Waals surface area contributed by atoms with Crippen LogP contribution < -0.4 is 11.1 Å². The highest BCUT2D eigenvalue weighted by atomic mass is 32.2. The minimum absolute atomic E-state index is 0.135. The van der Waals surface area contributed by atoms with Gasteiger partial charge >= 0.3 is 11.9 Å². The van der Waals surface area contributed by atoms with E-state index in [1.165, 1.54) is 30.2 Å². The van der Waals surface area contributed by atoms with E-state index in [1.807, 2.05) is 0 Å². The minimum atomic E-state index is -0.646. The van der Waals surface area contributed by atoms with Gasteiger partial charge in [0.15, 0.2) is 4.34 Å². The van der Waals surface area contributed by atoms with E-state index < -0.39 is 17.2 Å². The number of amides is 1. The van der Waals surface area contributed by atoms with E-state index in [-0.39, 0.29) is 28.0 Å². The molecule has 9 nitrogen and oxygen atoms in total. The van der Waals surface area contributed by atoms with Crippen LogP contribution in [-0.2, 0) is 14.3 Å². The lowest BCUT2D eigenvalue weighted by molar-refractivity contribution is -0.115. The molecule has 0 aliphatic rings. The zero-order valence-corrected chi connectivity index (χ0v) is 17.5. The van der Waals surface area contributed by atoms with E-state index in [0.29, 0.717) is 15.0 Å². The molecule has 0 fully saturated rings. The molecular formula is C15H18N4O5S3. The maximum atomic E-state index is 12.5. The molecule has 0 bridgehead atoms. The van der Waals surface area contributed by atoms with Crippen molar-refractivity contribution in [2.45, 2.75) is 30.4 Å². The number of rotatable bonds is 7. The summed E-state index contributed by atoms with van der Waals surface area (Å²) in [5.74, 6) is -1.57. The number of nitrogen functional groups attached to an aromatic ring is 1. The molecule has 2 aromatic heterocycles. The smallest absolute Gasteiger partial charge is 0.348 e. The van der Waals surface area contributed by atoms with Gasteiger partial charge in [0.25, 0.3) is 0 Å². The second-order valence-corrected chi connectivity index (χ2v) is 8.75. The SMILES string of the molecule is CCOC(=O)c1sc(NC(=O)C(C)Sc2nnc(N)s2)c(C(=O)OC)c1C. The average molecular weight is 431 g/mol. The molecule has 27 heavy (non-hydrogen) atoms. The Bertz CT molecular complexity index is 864. The molecule has 3 N–H and O–H groups in total. The van der Waals surface area contributed by atoms with Gasteiger partial charge < -0.3 is 20.5 Å². The van der Waals surface area contributed by atoms with Gasteiger partial charge in [-0.3, -0.25) is 4.79 Å². The molecule has 1 unspecified atom stereocenters. The largest absolute Gasteiger partial charge is 0.465 e. The standard InChI is InChI=1S/C15H18N4O5S3/c1-5-24-13(22)9-6(2)8(12(21)23-4)11(26-9)17-10(20)7(3)25-15-19-18-14(16)27-15/h7H,5H2,1-4H3,(H2,16,18)(H,17,20). The number of ether oxygens (including phenoxy) is 2. The first-order valence-electron chi connectivity index (χ1n) is 7.73. The Hall–Kier alpha value is -2.18. The summed E-state index contributed by atoms with van der Waals surface area (Å²) < 4.78 is 10.3. The number of carbonyl (C=O) groups is 3. The molecular weight excluding hydrogens is 412 g/mol. The van der Waals surface area contributed by atoms with Crippen LogP contribution in [0.25, 0.3) is 0 Å². The van der Waals surface area contributed by atoms with Crippen molar-refractivity contribution >= 4 is 62.4 Å². The topological polar surface area (TPSA) is 133 Å². The summed E-state index contributed by atoms with van der Waals surface area (Å²) in [6.07, 6.45) is 0. The van der Waals surface area contributed by atoms with Gasteiger partial charge in [-0.1, -0.05) is 23.1 Å². The number of hydrogen-bond donors (Lipinski definition) is 2. The number of aromatic nitrogens is 2. The first kappa shape index (κ1) is 21.1. The first-order valence-corrected chi connectivity index (χ1v) is 10.2. The zero-order chi connectivity index (χ0) is 20.1. The van der Waals surface area contributed by atoms with E-state index >= 15 is 0 Å². The van der Waals surface area contributed by atoms with E-state index in [9.17, 15) is 14.4 Å². The van der Waals surface area contributed by atoms with Crippen LogP contribution in [0.2, 0.25) is 0 Å². The van der Waals surface area contributed by atoms with E-state index in [1.54, 1.807) is 20.8 Å². The molecule has 0 saturated heterocycles. The molecule has 1 atom stereocenters.